The molecule has 3 rings (SSSR count). The number of benzene rings is 2. The Kier molecular flexibility index (Phi) is 7.82. The van der Waals surface area contributed by atoms with E-state index in [1.807, 2.05) is 24.3 Å². The van der Waals surface area contributed by atoms with Gasteiger partial charge in [0.1, 0.15) is 17.3 Å². The number of halogens is 1. The summed E-state index contributed by atoms with van der Waals surface area (Å²) in [5.74, 6) is 0.952. The summed E-state index contributed by atoms with van der Waals surface area (Å²) < 4.78 is 52.1. The first-order valence-electron chi connectivity index (χ1n) is 10.2. The number of hydrogen-bond acceptors (Lipinski definition) is 5. The Labute approximate surface area is 188 Å². The van der Waals surface area contributed by atoms with Crippen molar-refractivity contribution >= 4 is 10.0 Å². The molecule has 0 aliphatic heterocycles. The van der Waals surface area contributed by atoms with Gasteiger partial charge in [0.05, 0.1) is 25.7 Å². The third kappa shape index (κ3) is 6.05. The average molecular weight is 459 g/mol. The SMILES string of the molecule is COc1ccc(CN(Cc2ccc(OC)cc2)S(=O)(=O)[C@@H](C)Cc2ccc(F)cn2)cc1. The summed E-state index contributed by atoms with van der Waals surface area (Å²) in [5, 5.41) is -0.739. The third-order valence-electron chi connectivity index (χ3n) is 5.19. The fourth-order valence-electron chi connectivity index (χ4n) is 3.29. The number of ether oxygens (including phenoxy) is 2. The monoisotopic (exact) mass is 458 g/mol. The van der Waals surface area contributed by atoms with Crippen molar-refractivity contribution in [3.8, 4) is 11.5 Å². The molecule has 6 nitrogen and oxygen atoms in total. The standard InChI is InChI=1S/C24H27FN2O4S/c1-18(14-22-9-8-21(25)15-26-22)32(28,29)27(16-19-4-10-23(30-2)11-5-19)17-20-6-12-24(31-3)13-7-20/h4-13,15,18H,14,16-17H2,1-3H3/t18-/m0/s1. The molecule has 8 heteroatoms. The normalized spacial score (nSPS) is 12.5. The zero-order valence-electron chi connectivity index (χ0n) is 18.4. The summed E-state index contributed by atoms with van der Waals surface area (Å²) in [6.45, 7) is 2.06. The van der Waals surface area contributed by atoms with E-state index in [0.717, 1.165) is 17.3 Å². The molecular weight excluding hydrogens is 431 g/mol. The number of rotatable bonds is 10. The minimum absolute atomic E-state index is 0.185. The van der Waals surface area contributed by atoms with Gasteiger partial charge in [-0.2, -0.15) is 4.31 Å². The fraction of sp³-hybridized carbons (Fsp3) is 0.292. The predicted octanol–water partition coefficient (Wildman–Crippen LogP) is 4.20. The van der Waals surface area contributed by atoms with Crippen LogP contribution in [0, 0.1) is 5.82 Å². The van der Waals surface area contributed by atoms with Gasteiger partial charge >= 0.3 is 0 Å². The van der Waals surface area contributed by atoms with Gasteiger partial charge in [0.25, 0.3) is 0 Å². The largest absolute Gasteiger partial charge is 0.497 e. The predicted molar refractivity (Wildman–Crippen MR) is 122 cm³/mol. The van der Waals surface area contributed by atoms with Crippen molar-refractivity contribution in [3.05, 3.63) is 89.5 Å². The van der Waals surface area contributed by atoms with E-state index in [1.54, 1.807) is 45.4 Å². The Hall–Kier alpha value is -2.97. The topological polar surface area (TPSA) is 68.7 Å². The Bertz CT molecular complexity index is 1050. The molecule has 0 bridgehead atoms. The zero-order chi connectivity index (χ0) is 23.1. The van der Waals surface area contributed by atoms with Crippen LogP contribution in [0.15, 0.2) is 66.9 Å². The lowest BCUT2D eigenvalue weighted by Gasteiger charge is -2.26. The molecule has 0 unspecified atom stereocenters. The van der Waals surface area contributed by atoms with Gasteiger partial charge < -0.3 is 9.47 Å². The van der Waals surface area contributed by atoms with Crippen LogP contribution in [0.5, 0.6) is 11.5 Å². The van der Waals surface area contributed by atoms with E-state index < -0.39 is 21.1 Å². The summed E-state index contributed by atoms with van der Waals surface area (Å²) in [4.78, 5) is 4.01. The minimum atomic E-state index is -3.70. The number of aromatic nitrogens is 1. The van der Waals surface area contributed by atoms with E-state index in [2.05, 4.69) is 4.98 Å². The lowest BCUT2D eigenvalue weighted by molar-refractivity contribution is 0.391. The molecule has 0 saturated carbocycles. The second kappa shape index (κ2) is 10.6. The summed E-state index contributed by atoms with van der Waals surface area (Å²) >= 11 is 0. The maximum Gasteiger partial charge on any atom is 0.217 e. The molecule has 0 fully saturated rings. The summed E-state index contributed by atoms with van der Waals surface area (Å²) in [5.41, 5.74) is 2.21. The van der Waals surface area contributed by atoms with Crippen LogP contribution in [0.1, 0.15) is 23.7 Å². The van der Waals surface area contributed by atoms with Gasteiger partial charge in [-0.3, -0.25) is 4.98 Å². The maximum atomic E-state index is 13.5. The second-order valence-electron chi connectivity index (χ2n) is 7.49. The van der Waals surface area contributed by atoms with E-state index in [9.17, 15) is 12.8 Å². The lowest BCUT2D eigenvalue weighted by atomic mass is 10.2. The highest BCUT2D eigenvalue weighted by Gasteiger charge is 2.29. The van der Waals surface area contributed by atoms with E-state index in [1.165, 1.54) is 16.4 Å². The van der Waals surface area contributed by atoms with Crippen LogP contribution in [0.3, 0.4) is 0 Å². The highest BCUT2D eigenvalue weighted by atomic mass is 32.2. The summed E-state index contributed by atoms with van der Waals surface area (Å²) in [6.07, 6.45) is 1.28. The highest BCUT2D eigenvalue weighted by molar-refractivity contribution is 7.89. The first-order valence-corrected chi connectivity index (χ1v) is 11.7. The van der Waals surface area contributed by atoms with E-state index in [0.29, 0.717) is 17.2 Å². The van der Waals surface area contributed by atoms with Crippen molar-refractivity contribution in [2.45, 2.75) is 31.7 Å². The lowest BCUT2D eigenvalue weighted by Crippen LogP contribution is -2.37. The summed E-state index contributed by atoms with van der Waals surface area (Å²) in [6, 6.07) is 17.4. The molecule has 2 aromatic carbocycles. The second-order valence-corrected chi connectivity index (χ2v) is 9.84. The van der Waals surface area contributed by atoms with Crippen LogP contribution >= 0.6 is 0 Å². The van der Waals surface area contributed by atoms with Gasteiger partial charge in [-0.25, -0.2) is 12.8 Å². The van der Waals surface area contributed by atoms with Crippen LogP contribution in [0.2, 0.25) is 0 Å². The van der Waals surface area contributed by atoms with Crippen molar-refractivity contribution in [2.75, 3.05) is 14.2 Å². The number of methoxy groups -OCH3 is 2. The Morgan fingerprint density at radius 3 is 1.78 bits per heavy atom. The van der Waals surface area contributed by atoms with Crippen molar-refractivity contribution in [3.63, 3.8) is 0 Å². The van der Waals surface area contributed by atoms with Gasteiger partial charge in [-0.1, -0.05) is 24.3 Å². The molecule has 0 radical (unpaired) electrons. The molecule has 0 aliphatic carbocycles. The number of nitrogens with zero attached hydrogens (tertiary/aromatic N) is 2. The fourth-order valence-corrected chi connectivity index (χ4v) is 4.83. The average Bonchev–Trinajstić information content (AvgIpc) is 2.81. The molecule has 1 aromatic heterocycles. The molecule has 1 heterocycles. The Morgan fingerprint density at radius 2 is 1.38 bits per heavy atom. The van der Waals surface area contributed by atoms with Crippen LogP contribution < -0.4 is 9.47 Å². The number of pyridine rings is 1. The molecule has 1 atom stereocenters. The van der Waals surface area contributed by atoms with Crippen molar-refractivity contribution in [1.29, 1.82) is 0 Å². The van der Waals surface area contributed by atoms with Gasteiger partial charge in [-0.05, 0) is 54.4 Å². The molecule has 170 valence electrons. The molecular formula is C24H27FN2O4S. The Morgan fingerprint density at radius 1 is 0.875 bits per heavy atom. The van der Waals surface area contributed by atoms with Gasteiger partial charge in [-0.15, -0.1) is 0 Å². The van der Waals surface area contributed by atoms with Crippen LogP contribution in [-0.2, 0) is 29.5 Å². The molecule has 0 saturated heterocycles. The van der Waals surface area contributed by atoms with Crippen molar-refractivity contribution in [1.82, 2.24) is 9.29 Å². The van der Waals surface area contributed by atoms with Gasteiger partial charge in [0.2, 0.25) is 10.0 Å². The zero-order valence-corrected chi connectivity index (χ0v) is 19.2. The first-order chi connectivity index (χ1) is 15.3. The van der Waals surface area contributed by atoms with Gasteiger partial charge in [0.15, 0.2) is 0 Å². The van der Waals surface area contributed by atoms with E-state index >= 15 is 0 Å². The smallest absolute Gasteiger partial charge is 0.217 e. The van der Waals surface area contributed by atoms with Crippen molar-refractivity contribution < 1.29 is 22.3 Å². The molecule has 3 aromatic rings. The third-order valence-corrected chi connectivity index (χ3v) is 7.35. The number of sulfonamides is 1. The van der Waals surface area contributed by atoms with Crippen molar-refractivity contribution in [2.24, 2.45) is 0 Å². The first kappa shape index (κ1) is 23.7. The number of hydrogen-bond donors (Lipinski definition) is 0. The highest BCUT2D eigenvalue weighted by Crippen LogP contribution is 2.22. The molecule has 0 amide bonds. The molecule has 0 N–H and O–H groups in total. The molecule has 32 heavy (non-hydrogen) atoms. The quantitative estimate of drug-likeness (QED) is 0.455. The minimum Gasteiger partial charge on any atom is -0.497 e. The van der Waals surface area contributed by atoms with E-state index in [4.69, 9.17) is 9.47 Å². The van der Waals surface area contributed by atoms with E-state index in [-0.39, 0.29) is 19.5 Å². The van der Waals surface area contributed by atoms with Gasteiger partial charge in [0, 0.05) is 25.2 Å². The maximum absolute atomic E-state index is 13.5. The Balaban J connectivity index is 1.86. The van der Waals surface area contributed by atoms with Crippen LogP contribution in [0.4, 0.5) is 4.39 Å². The molecule has 0 aliphatic rings. The summed E-state index contributed by atoms with van der Waals surface area (Å²) in [7, 11) is -0.532. The molecule has 0 spiro atoms. The van der Waals surface area contributed by atoms with Crippen LogP contribution in [0.25, 0.3) is 0 Å². The van der Waals surface area contributed by atoms with Crippen LogP contribution in [-0.4, -0.2) is 37.2 Å².